The Morgan fingerprint density at radius 2 is 2.10 bits per heavy atom. The number of hydroxylamine groups is 2. The molecule has 1 rings (SSSR count). The standard InChI is InChI=1S/C8H13NO/c1-2-3-8-10-9-6-4-5-7-9/h1H,3-8H2. The third-order valence-electron chi connectivity index (χ3n) is 1.59. The molecule has 1 aliphatic heterocycles. The predicted octanol–water partition coefficient (Wildman–Crippen LogP) is 1.04. The van der Waals surface area contributed by atoms with E-state index in [9.17, 15) is 0 Å². The van der Waals surface area contributed by atoms with Gasteiger partial charge >= 0.3 is 0 Å². The van der Waals surface area contributed by atoms with Crippen LogP contribution in [0.15, 0.2) is 0 Å². The highest BCUT2D eigenvalue weighted by molar-refractivity contribution is 4.82. The van der Waals surface area contributed by atoms with Crippen molar-refractivity contribution >= 4 is 0 Å². The minimum atomic E-state index is 0.677. The van der Waals surface area contributed by atoms with E-state index < -0.39 is 0 Å². The van der Waals surface area contributed by atoms with E-state index in [0.717, 1.165) is 19.5 Å². The number of hydrogen-bond donors (Lipinski definition) is 0. The Hall–Kier alpha value is -0.520. The Morgan fingerprint density at radius 1 is 1.40 bits per heavy atom. The van der Waals surface area contributed by atoms with Crippen molar-refractivity contribution in [1.82, 2.24) is 5.06 Å². The van der Waals surface area contributed by atoms with Crippen LogP contribution in [0.1, 0.15) is 19.3 Å². The molecule has 1 fully saturated rings. The monoisotopic (exact) mass is 139 g/mol. The molecule has 10 heavy (non-hydrogen) atoms. The summed E-state index contributed by atoms with van der Waals surface area (Å²) in [5, 5.41) is 2.00. The zero-order chi connectivity index (χ0) is 7.23. The van der Waals surface area contributed by atoms with Crippen molar-refractivity contribution in [3.05, 3.63) is 0 Å². The van der Waals surface area contributed by atoms with Crippen molar-refractivity contribution in [1.29, 1.82) is 0 Å². The first-order valence-electron chi connectivity index (χ1n) is 3.75. The zero-order valence-corrected chi connectivity index (χ0v) is 6.18. The lowest BCUT2D eigenvalue weighted by molar-refractivity contribution is -0.140. The van der Waals surface area contributed by atoms with E-state index in [1.54, 1.807) is 0 Å². The van der Waals surface area contributed by atoms with Crippen molar-refractivity contribution in [2.75, 3.05) is 19.7 Å². The maximum atomic E-state index is 5.33. The molecule has 0 radical (unpaired) electrons. The lowest BCUT2D eigenvalue weighted by atomic mass is 10.4. The van der Waals surface area contributed by atoms with Gasteiger partial charge in [0.15, 0.2) is 0 Å². The fraction of sp³-hybridized carbons (Fsp3) is 0.750. The number of rotatable bonds is 3. The van der Waals surface area contributed by atoms with E-state index in [1.165, 1.54) is 12.8 Å². The number of terminal acetylenes is 1. The Morgan fingerprint density at radius 3 is 2.70 bits per heavy atom. The quantitative estimate of drug-likeness (QED) is 0.428. The second-order valence-electron chi connectivity index (χ2n) is 2.42. The molecule has 1 heterocycles. The van der Waals surface area contributed by atoms with Crippen molar-refractivity contribution in [3.63, 3.8) is 0 Å². The van der Waals surface area contributed by atoms with E-state index in [-0.39, 0.29) is 0 Å². The number of nitrogens with zero attached hydrogens (tertiary/aromatic N) is 1. The minimum Gasteiger partial charge on any atom is -0.298 e. The fourth-order valence-corrected chi connectivity index (χ4v) is 1.05. The maximum absolute atomic E-state index is 5.33. The minimum absolute atomic E-state index is 0.677. The van der Waals surface area contributed by atoms with Crippen LogP contribution in [0, 0.1) is 12.3 Å². The highest BCUT2D eigenvalue weighted by Crippen LogP contribution is 2.07. The summed E-state index contributed by atoms with van der Waals surface area (Å²) in [4.78, 5) is 5.33. The van der Waals surface area contributed by atoms with Gasteiger partial charge in [-0.2, -0.15) is 5.06 Å². The molecule has 1 aliphatic rings. The topological polar surface area (TPSA) is 12.5 Å². The third-order valence-corrected chi connectivity index (χ3v) is 1.59. The van der Waals surface area contributed by atoms with Crippen molar-refractivity contribution in [2.45, 2.75) is 19.3 Å². The molecule has 0 amide bonds. The van der Waals surface area contributed by atoms with Crippen LogP contribution in [-0.2, 0) is 4.84 Å². The summed E-state index contributed by atoms with van der Waals surface area (Å²) in [6, 6.07) is 0. The van der Waals surface area contributed by atoms with Crippen LogP contribution in [-0.4, -0.2) is 24.8 Å². The van der Waals surface area contributed by atoms with Gasteiger partial charge in [-0.1, -0.05) is 0 Å². The first-order valence-corrected chi connectivity index (χ1v) is 3.75. The van der Waals surface area contributed by atoms with Gasteiger partial charge in [0, 0.05) is 19.5 Å². The molecule has 0 aliphatic carbocycles. The summed E-state index contributed by atoms with van der Waals surface area (Å²) in [5.41, 5.74) is 0. The average molecular weight is 139 g/mol. The Balaban J connectivity index is 1.97. The van der Waals surface area contributed by atoms with Gasteiger partial charge in [0.2, 0.25) is 0 Å². The van der Waals surface area contributed by atoms with Crippen LogP contribution in [0.4, 0.5) is 0 Å². The van der Waals surface area contributed by atoms with E-state index in [2.05, 4.69) is 5.92 Å². The van der Waals surface area contributed by atoms with Crippen LogP contribution >= 0.6 is 0 Å². The van der Waals surface area contributed by atoms with Gasteiger partial charge in [0.25, 0.3) is 0 Å². The normalized spacial score (nSPS) is 19.1. The molecule has 0 aromatic rings. The van der Waals surface area contributed by atoms with E-state index in [0.29, 0.717) is 6.61 Å². The van der Waals surface area contributed by atoms with E-state index >= 15 is 0 Å². The lowest BCUT2D eigenvalue weighted by Gasteiger charge is -2.12. The van der Waals surface area contributed by atoms with Crippen LogP contribution in [0.2, 0.25) is 0 Å². The van der Waals surface area contributed by atoms with Gasteiger partial charge in [-0.3, -0.25) is 4.84 Å². The van der Waals surface area contributed by atoms with Crippen molar-refractivity contribution in [3.8, 4) is 12.3 Å². The van der Waals surface area contributed by atoms with Gasteiger partial charge < -0.3 is 0 Å². The molecule has 0 unspecified atom stereocenters. The van der Waals surface area contributed by atoms with Gasteiger partial charge in [-0.05, 0) is 12.8 Å². The van der Waals surface area contributed by atoms with Gasteiger partial charge in [-0.15, -0.1) is 12.3 Å². The lowest BCUT2D eigenvalue weighted by Crippen LogP contribution is -2.19. The van der Waals surface area contributed by atoms with Crippen molar-refractivity contribution < 1.29 is 4.84 Å². The number of hydrogen-bond acceptors (Lipinski definition) is 2. The molecular formula is C8H13NO. The molecule has 1 saturated heterocycles. The first-order chi connectivity index (χ1) is 4.93. The van der Waals surface area contributed by atoms with Crippen molar-refractivity contribution in [2.24, 2.45) is 0 Å². The highest BCUT2D eigenvalue weighted by Gasteiger charge is 2.10. The molecule has 2 nitrogen and oxygen atoms in total. The highest BCUT2D eigenvalue weighted by atomic mass is 16.7. The van der Waals surface area contributed by atoms with Gasteiger partial charge in [-0.25, -0.2) is 0 Å². The smallest absolute Gasteiger partial charge is 0.0794 e. The largest absolute Gasteiger partial charge is 0.298 e. The summed E-state index contributed by atoms with van der Waals surface area (Å²) in [5.74, 6) is 2.54. The average Bonchev–Trinajstić information content (AvgIpc) is 2.41. The van der Waals surface area contributed by atoms with Crippen LogP contribution in [0.25, 0.3) is 0 Å². The molecule has 56 valence electrons. The summed E-state index contributed by atoms with van der Waals surface area (Å²) in [6.07, 6.45) is 8.30. The molecular weight excluding hydrogens is 126 g/mol. The summed E-state index contributed by atoms with van der Waals surface area (Å²) < 4.78 is 0. The summed E-state index contributed by atoms with van der Waals surface area (Å²) >= 11 is 0. The predicted molar refractivity (Wildman–Crippen MR) is 40.2 cm³/mol. The van der Waals surface area contributed by atoms with Gasteiger partial charge in [0.05, 0.1) is 6.61 Å². The van der Waals surface area contributed by atoms with Crippen LogP contribution in [0.5, 0.6) is 0 Å². The molecule has 0 atom stereocenters. The molecule has 0 spiro atoms. The third kappa shape index (κ3) is 2.38. The first kappa shape index (κ1) is 7.59. The molecule has 0 saturated carbocycles. The Bertz CT molecular complexity index is 122. The fourth-order valence-electron chi connectivity index (χ4n) is 1.05. The van der Waals surface area contributed by atoms with Gasteiger partial charge in [0.1, 0.15) is 0 Å². The Kier molecular flexibility index (Phi) is 3.28. The SMILES string of the molecule is C#CCCON1CCCC1. The zero-order valence-electron chi connectivity index (χ0n) is 6.18. The second-order valence-corrected chi connectivity index (χ2v) is 2.42. The molecule has 2 heteroatoms. The molecule has 0 aromatic heterocycles. The maximum Gasteiger partial charge on any atom is 0.0794 e. The molecule has 0 N–H and O–H groups in total. The van der Waals surface area contributed by atoms with E-state index in [1.807, 2.05) is 5.06 Å². The molecule has 0 bridgehead atoms. The second kappa shape index (κ2) is 4.32. The summed E-state index contributed by atoms with van der Waals surface area (Å²) in [7, 11) is 0. The van der Waals surface area contributed by atoms with E-state index in [4.69, 9.17) is 11.3 Å². The Labute approximate surface area is 62.1 Å². The van der Waals surface area contributed by atoms with Crippen LogP contribution < -0.4 is 0 Å². The molecule has 0 aromatic carbocycles. The summed E-state index contributed by atoms with van der Waals surface area (Å²) in [6.45, 7) is 2.83. The van der Waals surface area contributed by atoms with Crippen LogP contribution in [0.3, 0.4) is 0 Å².